The molecule has 0 aliphatic carbocycles. The van der Waals surface area contributed by atoms with E-state index >= 15 is 0 Å². The van der Waals surface area contributed by atoms with Crippen LogP contribution in [0, 0.1) is 0 Å². The molecule has 0 saturated heterocycles. The Morgan fingerprint density at radius 1 is 0.447 bits per heavy atom. The maximum atomic E-state index is 8.88. The van der Waals surface area contributed by atoms with Crippen LogP contribution in [0.25, 0.3) is 89.1 Å². The predicted molar refractivity (Wildman–Crippen MR) is 192 cm³/mol. The molecule has 0 aliphatic heterocycles. The van der Waals surface area contributed by atoms with Crippen LogP contribution < -0.4 is 0 Å². The highest BCUT2D eigenvalue weighted by atomic mass is 16.3. The van der Waals surface area contributed by atoms with Gasteiger partial charge in [0, 0.05) is 33.0 Å². The summed E-state index contributed by atoms with van der Waals surface area (Å²) in [6.45, 7) is 0. The third kappa shape index (κ3) is 4.84. The van der Waals surface area contributed by atoms with Crippen molar-refractivity contribution >= 4 is 32.7 Å². The zero-order valence-corrected chi connectivity index (χ0v) is 24.6. The van der Waals surface area contributed by atoms with E-state index in [1.807, 2.05) is 78.9 Å². The van der Waals surface area contributed by atoms with Crippen molar-refractivity contribution in [2.45, 2.75) is 0 Å². The third-order valence-electron chi connectivity index (χ3n) is 8.07. The molecule has 9 aromatic rings. The summed E-state index contributed by atoms with van der Waals surface area (Å²) in [4.78, 5) is 14.9. The third-order valence-corrected chi connectivity index (χ3v) is 8.07. The van der Waals surface area contributed by atoms with E-state index < -0.39 is 60.4 Å². The number of furan rings is 1. The molecule has 2 aromatic heterocycles. The van der Waals surface area contributed by atoms with Crippen molar-refractivity contribution in [2.24, 2.45) is 0 Å². The maximum Gasteiger partial charge on any atom is 0.164 e. The van der Waals surface area contributed by atoms with Crippen LogP contribution in [0.1, 0.15) is 13.7 Å². The smallest absolute Gasteiger partial charge is 0.164 e. The van der Waals surface area contributed by atoms with E-state index in [-0.39, 0.29) is 33.7 Å². The van der Waals surface area contributed by atoms with E-state index in [9.17, 15) is 0 Å². The van der Waals surface area contributed by atoms with E-state index in [1.54, 1.807) is 18.2 Å². The Balaban J connectivity index is 1.39. The second-order valence-corrected chi connectivity index (χ2v) is 10.9. The molecule has 9 rings (SSSR count). The maximum absolute atomic E-state index is 8.88. The minimum absolute atomic E-state index is 0.0749. The van der Waals surface area contributed by atoms with Crippen molar-refractivity contribution < 1.29 is 18.1 Å². The molecule has 0 saturated carbocycles. The van der Waals surface area contributed by atoms with Gasteiger partial charge >= 0.3 is 0 Å². The standard InChI is InChI=1S/C43H27N3O/c1-4-13-28(14-5-1)34-26-36(30-16-6-2-7-17-30)40-37(27-34)39-35(21-12-22-38(39)47-40)43-45-41(31-18-8-3-9-19-31)44-42(46-43)33-24-23-29-15-10-11-20-32(29)25-33/h1-27H/i1D,2D,4D,5D,6D,7D,13D,14D,16D,17D. The van der Waals surface area contributed by atoms with Gasteiger partial charge in [-0.25, -0.2) is 15.0 Å². The minimum Gasteiger partial charge on any atom is -0.455 e. The lowest BCUT2D eigenvalue weighted by Crippen LogP contribution is -2.00. The summed E-state index contributed by atoms with van der Waals surface area (Å²) < 4.78 is 92.0. The van der Waals surface area contributed by atoms with Crippen molar-refractivity contribution in [3.8, 4) is 56.4 Å². The van der Waals surface area contributed by atoms with Gasteiger partial charge in [0.15, 0.2) is 17.5 Å². The van der Waals surface area contributed by atoms with Crippen LogP contribution in [-0.2, 0) is 0 Å². The number of hydrogen-bond acceptors (Lipinski definition) is 4. The Morgan fingerprint density at radius 2 is 1.13 bits per heavy atom. The van der Waals surface area contributed by atoms with Crippen LogP contribution in [0.5, 0.6) is 0 Å². The van der Waals surface area contributed by atoms with Gasteiger partial charge < -0.3 is 4.42 Å². The molecule has 0 amide bonds. The van der Waals surface area contributed by atoms with Crippen LogP contribution in [0.3, 0.4) is 0 Å². The molecular formula is C43H27N3O. The summed E-state index contributed by atoms with van der Waals surface area (Å²) in [5.74, 6) is 1.11. The lowest BCUT2D eigenvalue weighted by Gasteiger charge is -2.10. The molecule has 220 valence electrons. The highest BCUT2D eigenvalue weighted by Crippen LogP contribution is 2.42. The Morgan fingerprint density at radius 3 is 1.91 bits per heavy atom. The van der Waals surface area contributed by atoms with E-state index in [4.69, 9.17) is 33.1 Å². The Labute approximate surface area is 285 Å². The van der Waals surface area contributed by atoms with Gasteiger partial charge in [-0.15, -0.1) is 0 Å². The summed E-state index contributed by atoms with van der Waals surface area (Å²) >= 11 is 0. The first-order valence-corrected chi connectivity index (χ1v) is 14.9. The molecule has 7 aromatic carbocycles. The van der Waals surface area contributed by atoms with Gasteiger partial charge in [0.05, 0.1) is 13.7 Å². The van der Waals surface area contributed by atoms with Crippen molar-refractivity contribution in [3.63, 3.8) is 0 Å². The summed E-state index contributed by atoms with van der Waals surface area (Å²) in [6.07, 6.45) is 0. The molecule has 0 atom stereocenters. The fourth-order valence-corrected chi connectivity index (χ4v) is 5.89. The SMILES string of the molecule is [2H]c1c([2H])c([2H])c(-c2cc(-c3c([2H])c([2H])c([2H])c([2H])c3[2H])c3oc4cccc(-c5nc(-c6ccccc6)nc(-c6ccc7ccccc7c6)n5)c4c3c2)c([2H])c1[2H]. The van der Waals surface area contributed by atoms with Crippen molar-refractivity contribution in [2.75, 3.05) is 0 Å². The first-order chi connectivity index (χ1) is 27.4. The van der Waals surface area contributed by atoms with Crippen molar-refractivity contribution in [3.05, 3.63) is 164 Å². The molecule has 0 N–H and O–H groups in total. The fourth-order valence-electron chi connectivity index (χ4n) is 5.89. The normalized spacial score (nSPS) is 14.4. The van der Waals surface area contributed by atoms with Gasteiger partial charge in [0.2, 0.25) is 0 Å². The zero-order chi connectivity index (χ0) is 39.9. The molecule has 4 nitrogen and oxygen atoms in total. The van der Waals surface area contributed by atoms with Crippen molar-refractivity contribution in [1.29, 1.82) is 0 Å². The van der Waals surface area contributed by atoms with Crippen molar-refractivity contribution in [1.82, 2.24) is 15.0 Å². The molecule has 0 spiro atoms. The topological polar surface area (TPSA) is 51.8 Å². The monoisotopic (exact) mass is 611 g/mol. The molecule has 0 fully saturated rings. The molecule has 0 bridgehead atoms. The number of fused-ring (bicyclic) bond motifs is 4. The minimum atomic E-state index is -0.579. The van der Waals surface area contributed by atoms with E-state index in [0.29, 0.717) is 33.6 Å². The van der Waals surface area contributed by atoms with Gasteiger partial charge in [-0.05, 0) is 51.7 Å². The summed E-state index contributed by atoms with van der Waals surface area (Å²) in [7, 11) is 0. The molecule has 2 heterocycles. The van der Waals surface area contributed by atoms with Gasteiger partial charge in [0.1, 0.15) is 11.2 Å². The van der Waals surface area contributed by atoms with E-state index in [2.05, 4.69) is 0 Å². The quantitative estimate of drug-likeness (QED) is 0.194. The van der Waals surface area contributed by atoms with Gasteiger partial charge in [-0.2, -0.15) is 0 Å². The molecular weight excluding hydrogens is 574 g/mol. The Bertz CT molecular complexity index is 3090. The summed E-state index contributed by atoms with van der Waals surface area (Å²) in [5.41, 5.74) is 2.44. The molecule has 0 radical (unpaired) electrons. The zero-order valence-electron chi connectivity index (χ0n) is 34.6. The number of hydrogen-bond donors (Lipinski definition) is 0. The Hall–Kier alpha value is -6.39. The second-order valence-electron chi connectivity index (χ2n) is 10.9. The number of rotatable bonds is 5. The van der Waals surface area contributed by atoms with E-state index in [0.717, 1.165) is 21.9 Å². The molecule has 47 heavy (non-hydrogen) atoms. The number of benzene rings is 7. The average molecular weight is 612 g/mol. The van der Waals surface area contributed by atoms with Crippen LogP contribution in [0.2, 0.25) is 0 Å². The second kappa shape index (κ2) is 11.2. The number of nitrogens with zero attached hydrogens (tertiary/aromatic N) is 3. The van der Waals surface area contributed by atoms with Crippen LogP contribution >= 0.6 is 0 Å². The first-order valence-electron chi connectivity index (χ1n) is 19.9. The van der Waals surface area contributed by atoms with Crippen LogP contribution in [0.4, 0.5) is 0 Å². The lowest BCUT2D eigenvalue weighted by molar-refractivity contribution is 0.670. The van der Waals surface area contributed by atoms with Crippen LogP contribution in [0.15, 0.2) is 168 Å². The number of aromatic nitrogens is 3. The van der Waals surface area contributed by atoms with Crippen LogP contribution in [-0.4, -0.2) is 15.0 Å². The van der Waals surface area contributed by atoms with Gasteiger partial charge in [-0.1, -0.05) is 139 Å². The fraction of sp³-hybridized carbons (Fsp3) is 0. The summed E-state index contributed by atoms with van der Waals surface area (Å²) in [6, 6.07) is 26.5. The first kappa shape index (κ1) is 18.5. The Kier molecular flexibility index (Phi) is 4.42. The van der Waals surface area contributed by atoms with Gasteiger partial charge in [0.25, 0.3) is 0 Å². The molecule has 4 heteroatoms. The molecule has 0 aliphatic rings. The average Bonchev–Trinajstić information content (AvgIpc) is 3.63. The van der Waals surface area contributed by atoms with E-state index in [1.165, 1.54) is 6.07 Å². The molecule has 0 unspecified atom stereocenters. The van der Waals surface area contributed by atoms with Gasteiger partial charge in [-0.3, -0.25) is 0 Å². The largest absolute Gasteiger partial charge is 0.455 e. The highest BCUT2D eigenvalue weighted by Gasteiger charge is 2.21. The lowest BCUT2D eigenvalue weighted by atomic mass is 9.95. The highest BCUT2D eigenvalue weighted by molar-refractivity contribution is 6.16. The predicted octanol–water partition coefficient (Wildman–Crippen LogP) is 11.3. The summed E-state index contributed by atoms with van der Waals surface area (Å²) in [5, 5.41) is 2.92.